The van der Waals surface area contributed by atoms with Crippen molar-refractivity contribution >= 4 is 21.8 Å². The lowest BCUT2D eigenvalue weighted by atomic mass is 10.2. The molecule has 1 fully saturated rings. The van der Waals surface area contributed by atoms with E-state index in [9.17, 15) is 4.79 Å². The smallest absolute Gasteiger partial charge is 0.275 e. The van der Waals surface area contributed by atoms with Crippen LogP contribution in [0, 0.1) is 6.92 Å². The Morgan fingerprint density at radius 3 is 2.48 bits per heavy atom. The van der Waals surface area contributed by atoms with Crippen LogP contribution in [-0.2, 0) is 19.6 Å². The Kier molecular flexibility index (Phi) is 5.58. The molecule has 0 radical (unpaired) electrons. The van der Waals surface area contributed by atoms with E-state index in [4.69, 9.17) is 0 Å². The highest BCUT2D eigenvalue weighted by Gasteiger charge is 2.26. The maximum Gasteiger partial charge on any atom is 0.275 e. The zero-order chi connectivity index (χ0) is 18.0. The van der Waals surface area contributed by atoms with Gasteiger partial charge in [0.25, 0.3) is 5.91 Å². The quantitative estimate of drug-likeness (QED) is 0.760. The van der Waals surface area contributed by atoms with Gasteiger partial charge < -0.3 is 4.90 Å². The molecular weight excluding hydrogens is 384 g/mol. The standard InChI is InChI=1S/C17H25BrN6O/c1-4-23-12-15(18)16(20-23)17(25)22-8-6-21(7-9-22)11-14-10-19-24(5-2)13(14)3/h10,12H,4-9,11H2,1-3H3. The number of amides is 1. The van der Waals surface area contributed by atoms with Gasteiger partial charge in [-0.2, -0.15) is 10.2 Å². The molecule has 0 aliphatic carbocycles. The summed E-state index contributed by atoms with van der Waals surface area (Å²) in [6.45, 7) is 12.0. The minimum absolute atomic E-state index is 0.00806. The first kappa shape index (κ1) is 18.1. The summed E-state index contributed by atoms with van der Waals surface area (Å²) in [5.41, 5.74) is 3.01. The van der Waals surface area contributed by atoms with Crippen molar-refractivity contribution in [3.05, 3.63) is 33.8 Å². The van der Waals surface area contributed by atoms with Gasteiger partial charge in [-0.15, -0.1) is 0 Å². The van der Waals surface area contributed by atoms with Crippen LogP contribution in [0.5, 0.6) is 0 Å². The third-order valence-corrected chi connectivity index (χ3v) is 5.38. The lowest BCUT2D eigenvalue weighted by Crippen LogP contribution is -2.48. The van der Waals surface area contributed by atoms with Gasteiger partial charge in [0.1, 0.15) is 0 Å². The third-order valence-electron chi connectivity index (χ3n) is 4.80. The van der Waals surface area contributed by atoms with E-state index in [1.165, 1.54) is 11.3 Å². The Morgan fingerprint density at radius 1 is 1.20 bits per heavy atom. The van der Waals surface area contributed by atoms with Gasteiger partial charge in [0.05, 0.1) is 10.7 Å². The molecule has 7 nitrogen and oxygen atoms in total. The van der Waals surface area contributed by atoms with E-state index in [-0.39, 0.29) is 5.91 Å². The van der Waals surface area contributed by atoms with Gasteiger partial charge in [0.15, 0.2) is 5.69 Å². The van der Waals surface area contributed by atoms with Crippen LogP contribution >= 0.6 is 15.9 Å². The second-order valence-electron chi connectivity index (χ2n) is 6.32. The monoisotopic (exact) mass is 408 g/mol. The molecule has 1 amide bonds. The molecule has 0 unspecified atom stereocenters. The highest BCUT2D eigenvalue weighted by atomic mass is 79.9. The fourth-order valence-electron chi connectivity index (χ4n) is 3.16. The largest absolute Gasteiger partial charge is 0.335 e. The van der Waals surface area contributed by atoms with Crippen molar-refractivity contribution in [2.24, 2.45) is 0 Å². The van der Waals surface area contributed by atoms with Crippen LogP contribution in [0.15, 0.2) is 16.9 Å². The average Bonchev–Trinajstić information content (AvgIpc) is 3.18. The second-order valence-corrected chi connectivity index (χ2v) is 7.18. The zero-order valence-electron chi connectivity index (χ0n) is 15.1. The van der Waals surface area contributed by atoms with Gasteiger partial charge in [-0.05, 0) is 36.7 Å². The molecule has 2 aromatic rings. The van der Waals surface area contributed by atoms with E-state index < -0.39 is 0 Å². The van der Waals surface area contributed by atoms with E-state index in [1.807, 2.05) is 28.9 Å². The van der Waals surface area contributed by atoms with Crippen LogP contribution < -0.4 is 0 Å². The Morgan fingerprint density at radius 2 is 1.92 bits per heavy atom. The predicted molar refractivity (Wildman–Crippen MR) is 99.4 cm³/mol. The third kappa shape index (κ3) is 3.79. The number of nitrogens with zero attached hydrogens (tertiary/aromatic N) is 6. The molecule has 2 aromatic heterocycles. The molecule has 0 aromatic carbocycles. The Bertz CT molecular complexity index is 744. The highest BCUT2D eigenvalue weighted by molar-refractivity contribution is 9.10. The number of hydrogen-bond donors (Lipinski definition) is 0. The summed E-state index contributed by atoms with van der Waals surface area (Å²) in [5.74, 6) is 0.00806. The topological polar surface area (TPSA) is 59.2 Å². The van der Waals surface area contributed by atoms with Crippen molar-refractivity contribution in [1.29, 1.82) is 0 Å². The van der Waals surface area contributed by atoms with Crippen molar-refractivity contribution < 1.29 is 4.79 Å². The molecule has 8 heteroatoms. The molecule has 3 rings (SSSR count). The molecule has 0 spiro atoms. The van der Waals surface area contributed by atoms with Crippen molar-refractivity contribution in [2.75, 3.05) is 26.2 Å². The van der Waals surface area contributed by atoms with Crippen molar-refractivity contribution in [3.8, 4) is 0 Å². The van der Waals surface area contributed by atoms with Crippen LogP contribution in [0.3, 0.4) is 0 Å². The van der Waals surface area contributed by atoms with Gasteiger partial charge in [-0.3, -0.25) is 19.1 Å². The Balaban J connectivity index is 1.58. The molecule has 0 bridgehead atoms. The molecule has 0 N–H and O–H groups in total. The fourth-order valence-corrected chi connectivity index (χ4v) is 3.65. The molecule has 136 valence electrons. The number of piperazine rings is 1. The summed E-state index contributed by atoms with van der Waals surface area (Å²) in [4.78, 5) is 17.0. The number of rotatable bonds is 5. The highest BCUT2D eigenvalue weighted by Crippen LogP contribution is 2.19. The number of carbonyl (C=O) groups excluding carboxylic acids is 1. The first-order valence-electron chi connectivity index (χ1n) is 8.79. The number of halogens is 1. The van der Waals surface area contributed by atoms with Crippen LogP contribution in [-0.4, -0.2) is 61.4 Å². The minimum atomic E-state index is 0.00806. The first-order valence-corrected chi connectivity index (χ1v) is 9.58. The summed E-state index contributed by atoms with van der Waals surface area (Å²) in [6.07, 6.45) is 3.82. The van der Waals surface area contributed by atoms with Gasteiger partial charge in [-0.25, -0.2) is 0 Å². The van der Waals surface area contributed by atoms with Crippen LogP contribution in [0.25, 0.3) is 0 Å². The van der Waals surface area contributed by atoms with Gasteiger partial charge in [0.2, 0.25) is 0 Å². The van der Waals surface area contributed by atoms with Gasteiger partial charge in [-0.1, -0.05) is 0 Å². The molecule has 0 saturated carbocycles. The van der Waals surface area contributed by atoms with Crippen LogP contribution in [0.1, 0.15) is 35.6 Å². The van der Waals surface area contributed by atoms with Gasteiger partial charge >= 0.3 is 0 Å². The summed E-state index contributed by atoms with van der Waals surface area (Å²) in [5, 5.41) is 8.78. The molecular formula is C17H25BrN6O. The Hall–Kier alpha value is -1.67. The number of carbonyl (C=O) groups is 1. The lowest BCUT2D eigenvalue weighted by Gasteiger charge is -2.34. The van der Waals surface area contributed by atoms with E-state index in [1.54, 1.807) is 4.68 Å². The van der Waals surface area contributed by atoms with Crippen molar-refractivity contribution in [1.82, 2.24) is 29.4 Å². The Labute approximate surface area is 156 Å². The number of aromatic nitrogens is 4. The fraction of sp³-hybridized carbons (Fsp3) is 0.588. The summed E-state index contributed by atoms with van der Waals surface area (Å²) in [6, 6.07) is 0. The SMILES string of the molecule is CCn1cc(Br)c(C(=O)N2CCN(Cc3cnn(CC)c3C)CC2)n1. The maximum absolute atomic E-state index is 12.7. The molecule has 0 atom stereocenters. The van der Waals surface area contributed by atoms with Crippen molar-refractivity contribution in [2.45, 2.75) is 40.4 Å². The second kappa shape index (κ2) is 7.70. The lowest BCUT2D eigenvalue weighted by molar-refractivity contribution is 0.0620. The minimum Gasteiger partial charge on any atom is -0.335 e. The van der Waals surface area contributed by atoms with E-state index in [0.29, 0.717) is 5.69 Å². The van der Waals surface area contributed by atoms with Crippen LogP contribution in [0.4, 0.5) is 0 Å². The summed E-state index contributed by atoms with van der Waals surface area (Å²) >= 11 is 3.45. The number of aryl methyl sites for hydroxylation is 2. The molecule has 25 heavy (non-hydrogen) atoms. The van der Waals surface area contributed by atoms with E-state index >= 15 is 0 Å². The van der Waals surface area contributed by atoms with E-state index in [0.717, 1.165) is 50.3 Å². The summed E-state index contributed by atoms with van der Waals surface area (Å²) in [7, 11) is 0. The zero-order valence-corrected chi connectivity index (χ0v) is 16.7. The van der Waals surface area contributed by atoms with Crippen molar-refractivity contribution in [3.63, 3.8) is 0 Å². The predicted octanol–water partition coefficient (Wildman–Crippen LogP) is 2.15. The van der Waals surface area contributed by atoms with Crippen LogP contribution in [0.2, 0.25) is 0 Å². The molecule has 1 aliphatic rings. The number of hydrogen-bond acceptors (Lipinski definition) is 4. The molecule has 1 saturated heterocycles. The molecule has 3 heterocycles. The summed E-state index contributed by atoms with van der Waals surface area (Å²) < 4.78 is 4.57. The van der Waals surface area contributed by atoms with Gasteiger partial charge in [0, 0.05) is 63.3 Å². The average molecular weight is 409 g/mol. The first-order chi connectivity index (χ1) is 12.0. The maximum atomic E-state index is 12.7. The van der Waals surface area contributed by atoms with E-state index in [2.05, 4.69) is 44.9 Å². The normalized spacial score (nSPS) is 15.8. The molecule has 1 aliphatic heterocycles.